The molecule has 0 aromatic rings. The van der Waals surface area contributed by atoms with Crippen LogP contribution in [0.4, 0.5) is 13.2 Å². The number of hydrogen-bond donors (Lipinski definition) is 2. The fraction of sp³-hybridized carbons (Fsp3) is 0.857. The predicted molar refractivity (Wildman–Crippen MR) is 48.7 cm³/mol. The molecule has 0 spiro atoms. The predicted octanol–water partition coefficient (Wildman–Crippen LogP) is 1.54. The SMILES string of the molecule is C[C@@H]1CNC[C@H]1N=[N+]=[N-].O=C(O)C(F)(F)F. The normalized spacial score (nSPS) is 24.0. The number of carboxylic acid groups (broad SMARTS) is 1. The summed E-state index contributed by atoms with van der Waals surface area (Å²) in [5.74, 6) is -2.26. The highest BCUT2D eigenvalue weighted by Gasteiger charge is 2.38. The van der Waals surface area contributed by atoms with Gasteiger partial charge in [-0.1, -0.05) is 12.0 Å². The molecule has 2 N–H and O–H groups in total. The molecule has 0 saturated carbocycles. The number of nitrogens with one attached hydrogen (secondary N) is 1. The molecule has 0 aliphatic carbocycles. The summed E-state index contributed by atoms with van der Waals surface area (Å²) < 4.78 is 31.7. The highest BCUT2D eigenvalue weighted by molar-refractivity contribution is 5.73. The van der Waals surface area contributed by atoms with Crippen LogP contribution in [-0.4, -0.2) is 36.4 Å². The standard InChI is InChI=1S/C5H10N4.C2HF3O2/c1-4-2-7-3-5(4)8-9-6;3-2(4,5)1(6)7/h4-5,7H,2-3H2,1H3;(H,6,7)/t4-,5-;/m1./s1. The van der Waals surface area contributed by atoms with Gasteiger partial charge in [0.15, 0.2) is 0 Å². The van der Waals surface area contributed by atoms with Gasteiger partial charge in [0.25, 0.3) is 0 Å². The minimum Gasteiger partial charge on any atom is -0.475 e. The fourth-order valence-electron chi connectivity index (χ4n) is 1.02. The van der Waals surface area contributed by atoms with Crippen LogP contribution in [-0.2, 0) is 4.79 Å². The molecule has 1 fully saturated rings. The molecule has 0 aromatic carbocycles. The first-order chi connectivity index (χ1) is 7.29. The number of aliphatic carboxylic acids is 1. The van der Waals surface area contributed by atoms with Crippen LogP contribution in [0.2, 0.25) is 0 Å². The van der Waals surface area contributed by atoms with E-state index in [0.717, 1.165) is 13.1 Å². The van der Waals surface area contributed by atoms with E-state index < -0.39 is 12.1 Å². The molecule has 6 nitrogen and oxygen atoms in total. The summed E-state index contributed by atoms with van der Waals surface area (Å²) >= 11 is 0. The Labute approximate surface area is 89.1 Å². The van der Waals surface area contributed by atoms with Crippen LogP contribution in [0.3, 0.4) is 0 Å². The molecule has 9 heteroatoms. The number of hydrogen-bond acceptors (Lipinski definition) is 3. The molecule has 16 heavy (non-hydrogen) atoms. The minimum atomic E-state index is -5.08. The lowest BCUT2D eigenvalue weighted by molar-refractivity contribution is -0.192. The number of nitrogens with zero attached hydrogens (tertiary/aromatic N) is 3. The van der Waals surface area contributed by atoms with Crippen molar-refractivity contribution in [2.45, 2.75) is 19.1 Å². The van der Waals surface area contributed by atoms with E-state index in [1.165, 1.54) is 0 Å². The Kier molecular flexibility index (Phi) is 5.62. The molecule has 1 rings (SSSR count). The van der Waals surface area contributed by atoms with Crippen molar-refractivity contribution in [1.82, 2.24) is 5.32 Å². The maximum atomic E-state index is 10.6. The third kappa shape index (κ3) is 5.42. The minimum absolute atomic E-state index is 0.176. The Balaban J connectivity index is 0.000000293. The van der Waals surface area contributed by atoms with Gasteiger partial charge in [-0.05, 0) is 18.0 Å². The molecule has 1 aliphatic rings. The summed E-state index contributed by atoms with van der Waals surface area (Å²) in [5, 5.41) is 13.9. The lowest BCUT2D eigenvalue weighted by Crippen LogP contribution is -2.21. The zero-order valence-electron chi connectivity index (χ0n) is 8.40. The zero-order valence-corrected chi connectivity index (χ0v) is 8.40. The van der Waals surface area contributed by atoms with E-state index in [-0.39, 0.29) is 6.04 Å². The zero-order chi connectivity index (χ0) is 12.8. The van der Waals surface area contributed by atoms with E-state index in [1.54, 1.807) is 0 Å². The lowest BCUT2D eigenvalue weighted by Gasteiger charge is -2.03. The number of rotatable bonds is 1. The summed E-state index contributed by atoms with van der Waals surface area (Å²) in [6.07, 6.45) is -5.08. The second-order valence-corrected chi connectivity index (χ2v) is 3.21. The van der Waals surface area contributed by atoms with E-state index >= 15 is 0 Å². The van der Waals surface area contributed by atoms with Gasteiger partial charge >= 0.3 is 12.1 Å². The number of carboxylic acids is 1. The van der Waals surface area contributed by atoms with Gasteiger partial charge in [-0.25, -0.2) is 4.79 Å². The number of azide groups is 1. The van der Waals surface area contributed by atoms with Gasteiger partial charge in [0.05, 0.1) is 6.04 Å². The molecule has 0 aromatic heterocycles. The largest absolute Gasteiger partial charge is 0.490 e. The maximum absolute atomic E-state index is 10.6. The van der Waals surface area contributed by atoms with Gasteiger partial charge in [0.2, 0.25) is 0 Å². The van der Waals surface area contributed by atoms with Crippen LogP contribution < -0.4 is 5.32 Å². The highest BCUT2D eigenvalue weighted by Crippen LogP contribution is 2.13. The topological polar surface area (TPSA) is 98.1 Å². The van der Waals surface area contributed by atoms with E-state index in [4.69, 9.17) is 15.4 Å². The van der Waals surface area contributed by atoms with Crippen LogP contribution in [0, 0.1) is 5.92 Å². The molecular weight excluding hydrogens is 229 g/mol. The molecule has 0 amide bonds. The van der Waals surface area contributed by atoms with Gasteiger partial charge < -0.3 is 10.4 Å². The number of alkyl halides is 3. The molecule has 0 bridgehead atoms. The molecular formula is C7H11F3N4O2. The van der Waals surface area contributed by atoms with Gasteiger partial charge in [0, 0.05) is 11.5 Å². The second kappa shape index (κ2) is 6.19. The van der Waals surface area contributed by atoms with Crippen LogP contribution in [0.15, 0.2) is 5.11 Å². The van der Waals surface area contributed by atoms with Crippen molar-refractivity contribution in [2.24, 2.45) is 11.0 Å². The van der Waals surface area contributed by atoms with Crippen molar-refractivity contribution in [3.05, 3.63) is 10.4 Å². The quantitative estimate of drug-likeness (QED) is 0.413. The van der Waals surface area contributed by atoms with Crippen molar-refractivity contribution in [1.29, 1.82) is 0 Å². The molecule has 0 unspecified atom stereocenters. The van der Waals surface area contributed by atoms with Crippen LogP contribution >= 0.6 is 0 Å². The Hall–Kier alpha value is -1.47. The third-order valence-corrected chi connectivity index (χ3v) is 1.92. The summed E-state index contributed by atoms with van der Waals surface area (Å²) in [5.41, 5.74) is 8.07. The molecule has 92 valence electrons. The van der Waals surface area contributed by atoms with Crippen molar-refractivity contribution in [3.63, 3.8) is 0 Å². The van der Waals surface area contributed by atoms with E-state index in [2.05, 4.69) is 22.3 Å². The van der Waals surface area contributed by atoms with Crippen molar-refractivity contribution >= 4 is 5.97 Å². The summed E-state index contributed by atoms with van der Waals surface area (Å²) in [4.78, 5) is 11.6. The van der Waals surface area contributed by atoms with Gasteiger partial charge in [-0.3, -0.25) is 0 Å². The monoisotopic (exact) mass is 240 g/mol. The van der Waals surface area contributed by atoms with Crippen molar-refractivity contribution in [2.75, 3.05) is 13.1 Å². The van der Waals surface area contributed by atoms with E-state index in [1.807, 2.05) is 0 Å². The summed E-state index contributed by atoms with van der Waals surface area (Å²) in [6.45, 7) is 3.90. The Morgan fingerprint density at radius 3 is 2.31 bits per heavy atom. The van der Waals surface area contributed by atoms with E-state index in [9.17, 15) is 13.2 Å². The Morgan fingerprint density at radius 2 is 2.06 bits per heavy atom. The van der Waals surface area contributed by atoms with E-state index in [0.29, 0.717) is 5.92 Å². The van der Waals surface area contributed by atoms with Crippen LogP contribution in [0.1, 0.15) is 6.92 Å². The average Bonchev–Trinajstić information content (AvgIpc) is 2.52. The maximum Gasteiger partial charge on any atom is 0.490 e. The average molecular weight is 240 g/mol. The highest BCUT2D eigenvalue weighted by atomic mass is 19.4. The second-order valence-electron chi connectivity index (χ2n) is 3.21. The Bertz CT molecular complexity index is 288. The van der Waals surface area contributed by atoms with Gasteiger partial charge in [-0.15, -0.1) is 0 Å². The third-order valence-electron chi connectivity index (χ3n) is 1.92. The molecule has 1 saturated heterocycles. The molecule has 1 aliphatic heterocycles. The summed E-state index contributed by atoms with van der Waals surface area (Å²) in [6, 6.07) is 0.176. The van der Waals surface area contributed by atoms with Crippen molar-refractivity contribution < 1.29 is 23.1 Å². The first-order valence-electron chi connectivity index (χ1n) is 4.34. The molecule has 1 heterocycles. The lowest BCUT2D eigenvalue weighted by atomic mass is 10.1. The van der Waals surface area contributed by atoms with Crippen LogP contribution in [0.5, 0.6) is 0 Å². The number of carbonyl (C=O) groups is 1. The Morgan fingerprint density at radius 1 is 1.56 bits per heavy atom. The molecule has 2 atom stereocenters. The number of halogens is 3. The smallest absolute Gasteiger partial charge is 0.475 e. The van der Waals surface area contributed by atoms with Gasteiger partial charge in [0.1, 0.15) is 0 Å². The van der Waals surface area contributed by atoms with Crippen molar-refractivity contribution in [3.8, 4) is 0 Å². The molecule has 0 radical (unpaired) electrons. The fourth-order valence-corrected chi connectivity index (χ4v) is 1.02. The first kappa shape index (κ1) is 14.5. The van der Waals surface area contributed by atoms with Crippen LogP contribution in [0.25, 0.3) is 10.4 Å². The summed E-state index contributed by atoms with van der Waals surface area (Å²) in [7, 11) is 0. The first-order valence-corrected chi connectivity index (χ1v) is 4.34. The van der Waals surface area contributed by atoms with Gasteiger partial charge in [-0.2, -0.15) is 13.2 Å².